The van der Waals surface area contributed by atoms with Crippen molar-refractivity contribution in [3.05, 3.63) is 12.4 Å². The number of aliphatic hydroxyl groups excluding tert-OH is 1. The lowest BCUT2D eigenvalue weighted by Crippen LogP contribution is -2.14. The summed E-state index contributed by atoms with van der Waals surface area (Å²) in [5, 5.41) is 16.3. The molecular weight excluding hydrogens is 190 g/mol. The van der Waals surface area contributed by atoms with Gasteiger partial charge in [0.25, 0.3) is 0 Å². The Hall–Kier alpha value is -1.03. The number of aryl methyl sites for hydroxylation is 1. The van der Waals surface area contributed by atoms with Crippen LogP contribution >= 0.6 is 0 Å². The van der Waals surface area contributed by atoms with Gasteiger partial charge in [0, 0.05) is 25.4 Å². The van der Waals surface area contributed by atoms with Crippen LogP contribution < -0.4 is 5.32 Å². The molecule has 0 radical (unpaired) electrons. The van der Waals surface area contributed by atoms with Gasteiger partial charge >= 0.3 is 0 Å². The molecule has 1 unspecified atom stereocenters. The van der Waals surface area contributed by atoms with E-state index in [-0.39, 0.29) is 6.61 Å². The van der Waals surface area contributed by atoms with Gasteiger partial charge in [-0.2, -0.15) is 5.10 Å². The highest BCUT2D eigenvalue weighted by Gasteiger charge is 2.03. The van der Waals surface area contributed by atoms with Crippen molar-refractivity contribution in [2.45, 2.75) is 45.7 Å². The molecule has 0 aliphatic carbocycles. The lowest BCUT2D eigenvalue weighted by atomic mass is 10.2. The lowest BCUT2D eigenvalue weighted by molar-refractivity contribution is 0.282. The Bertz CT molecular complexity index is 273. The average Bonchev–Trinajstić information content (AvgIpc) is 2.63. The zero-order chi connectivity index (χ0) is 11.1. The van der Waals surface area contributed by atoms with Crippen LogP contribution in [0.2, 0.25) is 0 Å². The van der Waals surface area contributed by atoms with E-state index in [1.54, 1.807) is 0 Å². The van der Waals surface area contributed by atoms with E-state index >= 15 is 0 Å². The van der Waals surface area contributed by atoms with Crippen LogP contribution in [0.3, 0.4) is 0 Å². The maximum absolute atomic E-state index is 8.71. The van der Waals surface area contributed by atoms with E-state index in [4.69, 9.17) is 5.11 Å². The molecule has 0 spiro atoms. The zero-order valence-corrected chi connectivity index (χ0v) is 9.61. The third-order valence-corrected chi connectivity index (χ3v) is 2.29. The van der Waals surface area contributed by atoms with E-state index in [0.717, 1.165) is 31.5 Å². The summed E-state index contributed by atoms with van der Waals surface area (Å²) in [6.07, 6.45) is 6.80. The van der Waals surface area contributed by atoms with Gasteiger partial charge in [0.2, 0.25) is 0 Å². The van der Waals surface area contributed by atoms with Crippen LogP contribution in [0.4, 0.5) is 5.69 Å². The first-order chi connectivity index (χ1) is 7.26. The average molecular weight is 211 g/mol. The number of aromatic nitrogens is 2. The van der Waals surface area contributed by atoms with Crippen molar-refractivity contribution in [1.82, 2.24) is 9.78 Å². The third kappa shape index (κ3) is 4.34. The summed E-state index contributed by atoms with van der Waals surface area (Å²) >= 11 is 0. The molecule has 4 nitrogen and oxygen atoms in total. The molecule has 0 amide bonds. The minimum atomic E-state index is 0.265. The van der Waals surface area contributed by atoms with Gasteiger partial charge in [-0.3, -0.25) is 4.68 Å². The van der Waals surface area contributed by atoms with Crippen LogP contribution in [0.25, 0.3) is 0 Å². The highest BCUT2D eigenvalue weighted by Crippen LogP contribution is 2.09. The number of anilines is 1. The molecular formula is C11H21N3O. The SMILES string of the molecule is CCCn1cc(NC(C)CCCO)cn1. The summed E-state index contributed by atoms with van der Waals surface area (Å²) < 4.78 is 1.95. The van der Waals surface area contributed by atoms with Gasteiger partial charge in [-0.25, -0.2) is 0 Å². The zero-order valence-electron chi connectivity index (χ0n) is 9.61. The summed E-state index contributed by atoms with van der Waals surface area (Å²) in [6, 6.07) is 0.386. The molecule has 0 saturated carbocycles. The topological polar surface area (TPSA) is 50.1 Å². The van der Waals surface area contributed by atoms with Crippen molar-refractivity contribution in [2.24, 2.45) is 0 Å². The first-order valence-electron chi connectivity index (χ1n) is 5.66. The molecule has 0 aromatic carbocycles. The molecule has 0 aliphatic rings. The van der Waals surface area contributed by atoms with E-state index < -0.39 is 0 Å². The van der Waals surface area contributed by atoms with Gasteiger partial charge in [0.05, 0.1) is 11.9 Å². The molecule has 2 N–H and O–H groups in total. The summed E-state index contributed by atoms with van der Waals surface area (Å²) in [5.41, 5.74) is 1.06. The highest BCUT2D eigenvalue weighted by atomic mass is 16.2. The Morgan fingerprint density at radius 2 is 2.40 bits per heavy atom. The Morgan fingerprint density at radius 3 is 3.07 bits per heavy atom. The first-order valence-corrected chi connectivity index (χ1v) is 5.66. The van der Waals surface area contributed by atoms with E-state index in [1.807, 2.05) is 17.1 Å². The fourth-order valence-electron chi connectivity index (χ4n) is 1.54. The van der Waals surface area contributed by atoms with Gasteiger partial charge in [0.15, 0.2) is 0 Å². The maximum atomic E-state index is 8.71. The number of hydrogen-bond acceptors (Lipinski definition) is 3. The molecule has 15 heavy (non-hydrogen) atoms. The van der Waals surface area contributed by atoms with Gasteiger partial charge in [-0.15, -0.1) is 0 Å². The van der Waals surface area contributed by atoms with Crippen LogP contribution in [0.5, 0.6) is 0 Å². The van der Waals surface area contributed by atoms with Crippen LogP contribution in [-0.2, 0) is 6.54 Å². The van der Waals surface area contributed by atoms with E-state index in [2.05, 4.69) is 24.3 Å². The van der Waals surface area contributed by atoms with Crippen molar-refractivity contribution in [2.75, 3.05) is 11.9 Å². The van der Waals surface area contributed by atoms with E-state index in [9.17, 15) is 0 Å². The molecule has 1 aromatic heterocycles. The molecule has 1 aromatic rings. The molecule has 86 valence electrons. The van der Waals surface area contributed by atoms with Crippen molar-refractivity contribution in [3.8, 4) is 0 Å². The number of rotatable bonds is 7. The summed E-state index contributed by atoms with van der Waals surface area (Å²) in [7, 11) is 0. The smallest absolute Gasteiger partial charge is 0.0728 e. The summed E-state index contributed by atoms with van der Waals surface area (Å²) in [6.45, 7) is 5.49. The van der Waals surface area contributed by atoms with Crippen LogP contribution in [0.1, 0.15) is 33.1 Å². The first kappa shape index (κ1) is 12.0. The molecule has 0 saturated heterocycles. The second kappa shape index (κ2) is 6.45. The van der Waals surface area contributed by atoms with Crippen molar-refractivity contribution in [1.29, 1.82) is 0 Å². The fraction of sp³-hybridized carbons (Fsp3) is 0.727. The highest BCUT2D eigenvalue weighted by molar-refractivity contribution is 5.38. The predicted octanol–water partition coefficient (Wildman–Crippen LogP) is 1.87. The van der Waals surface area contributed by atoms with Crippen LogP contribution in [0.15, 0.2) is 12.4 Å². The molecule has 0 aliphatic heterocycles. The monoisotopic (exact) mass is 211 g/mol. The van der Waals surface area contributed by atoms with Gasteiger partial charge in [-0.05, 0) is 26.2 Å². The van der Waals surface area contributed by atoms with Crippen molar-refractivity contribution >= 4 is 5.69 Å². The van der Waals surface area contributed by atoms with Gasteiger partial charge in [0.1, 0.15) is 0 Å². The minimum Gasteiger partial charge on any atom is -0.396 e. The molecule has 1 atom stereocenters. The van der Waals surface area contributed by atoms with E-state index in [1.165, 1.54) is 0 Å². The van der Waals surface area contributed by atoms with Crippen LogP contribution in [-0.4, -0.2) is 27.5 Å². The Balaban J connectivity index is 2.35. The predicted molar refractivity (Wildman–Crippen MR) is 61.9 cm³/mol. The Morgan fingerprint density at radius 1 is 1.60 bits per heavy atom. The third-order valence-electron chi connectivity index (χ3n) is 2.29. The maximum Gasteiger partial charge on any atom is 0.0728 e. The largest absolute Gasteiger partial charge is 0.396 e. The van der Waals surface area contributed by atoms with Crippen molar-refractivity contribution in [3.63, 3.8) is 0 Å². The minimum absolute atomic E-state index is 0.265. The van der Waals surface area contributed by atoms with Gasteiger partial charge in [-0.1, -0.05) is 6.92 Å². The molecule has 0 fully saturated rings. The Kier molecular flexibility index (Phi) is 5.18. The number of hydrogen-bond donors (Lipinski definition) is 2. The van der Waals surface area contributed by atoms with E-state index in [0.29, 0.717) is 6.04 Å². The second-order valence-corrected chi connectivity index (χ2v) is 3.90. The molecule has 4 heteroatoms. The Labute approximate surface area is 91.3 Å². The number of nitrogens with one attached hydrogen (secondary N) is 1. The molecule has 0 bridgehead atoms. The van der Waals surface area contributed by atoms with Gasteiger partial charge < -0.3 is 10.4 Å². The quantitative estimate of drug-likeness (QED) is 0.724. The number of aliphatic hydroxyl groups is 1. The lowest BCUT2D eigenvalue weighted by Gasteiger charge is -2.12. The van der Waals surface area contributed by atoms with Crippen molar-refractivity contribution < 1.29 is 5.11 Å². The number of nitrogens with zero attached hydrogens (tertiary/aromatic N) is 2. The second-order valence-electron chi connectivity index (χ2n) is 3.90. The summed E-state index contributed by atoms with van der Waals surface area (Å²) in [4.78, 5) is 0. The fourth-order valence-corrected chi connectivity index (χ4v) is 1.54. The normalized spacial score (nSPS) is 12.7. The molecule has 1 heterocycles. The van der Waals surface area contributed by atoms with Crippen LogP contribution in [0, 0.1) is 0 Å². The summed E-state index contributed by atoms with van der Waals surface area (Å²) in [5.74, 6) is 0. The molecule has 1 rings (SSSR count). The standard InChI is InChI=1S/C11H21N3O/c1-3-6-14-9-11(8-12-14)13-10(2)5-4-7-15/h8-10,13,15H,3-7H2,1-2H3.